The van der Waals surface area contributed by atoms with Gasteiger partial charge in [-0.15, -0.1) is 0 Å². The maximum atomic E-state index is 14.2. The summed E-state index contributed by atoms with van der Waals surface area (Å²) in [6.07, 6.45) is -7.52. The molecule has 12 nitrogen and oxygen atoms in total. The molecule has 44 heavy (non-hydrogen) atoms. The van der Waals surface area contributed by atoms with E-state index in [0.717, 1.165) is 5.56 Å². The summed E-state index contributed by atoms with van der Waals surface area (Å²) in [5, 5.41) is 71.1. The third-order valence-electron chi connectivity index (χ3n) is 11.5. The summed E-state index contributed by atoms with van der Waals surface area (Å²) in [6.45, 7) is 7.87. The number of rotatable bonds is 7. The van der Waals surface area contributed by atoms with E-state index in [0.29, 0.717) is 5.57 Å². The van der Waals surface area contributed by atoms with Gasteiger partial charge in [0.05, 0.1) is 29.8 Å². The lowest BCUT2D eigenvalue weighted by molar-refractivity contribution is -0.338. The zero-order chi connectivity index (χ0) is 32.4. The lowest BCUT2D eigenvalue weighted by Crippen LogP contribution is -2.78. The Morgan fingerprint density at radius 1 is 1.16 bits per heavy atom. The molecule has 7 N–H and O–H groups in total. The Kier molecular flexibility index (Phi) is 8.56. The Balaban J connectivity index is 1.46. The number of ether oxygens (including phenoxy) is 2. The van der Waals surface area contributed by atoms with E-state index in [4.69, 9.17) is 14.4 Å². The van der Waals surface area contributed by atoms with Crippen molar-refractivity contribution >= 4 is 11.9 Å². The molecule has 11 atom stereocenters. The Labute approximate surface area is 256 Å². The van der Waals surface area contributed by atoms with Gasteiger partial charge in [0.25, 0.3) is 0 Å². The Hall–Kier alpha value is -2.42. The van der Waals surface area contributed by atoms with Gasteiger partial charge in [-0.2, -0.15) is 0 Å². The summed E-state index contributed by atoms with van der Waals surface area (Å²) < 4.78 is 10.8. The summed E-state index contributed by atoms with van der Waals surface area (Å²) in [5.74, 6) is -3.44. The third-order valence-corrected chi connectivity index (χ3v) is 11.5. The van der Waals surface area contributed by atoms with Crippen LogP contribution >= 0.6 is 0 Å². The number of benzene rings is 1. The van der Waals surface area contributed by atoms with Crippen LogP contribution in [0.2, 0.25) is 0 Å². The number of alkyl carbamates (subject to hydrolysis) is 1. The third kappa shape index (κ3) is 4.73. The Bertz CT molecular complexity index is 1300. The average molecular weight is 620 g/mol. The number of amides is 1. The van der Waals surface area contributed by atoms with Crippen molar-refractivity contribution in [2.75, 3.05) is 13.2 Å². The van der Waals surface area contributed by atoms with Gasteiger partial charge in [0.15, 0.2) is 5.78 Å². The van der Waals surface area contributed by atoms with E-state index in [1.165, 1.54) is 6.92 Å². The number of Topliss-reactive ketones (excluding diaryl/α,β-unsaturated/α-hetero) is 1. The summed E-state index contributed by atoms with van der Waals surface area (Å²) in [7, 11) is 0. The van der Waals surface area contributed by atoms with Crippen LogP contribution in [-0.4, -0.2) is 97.5 Å². The molecule has 3 aliphatic carbocycles. The highest BCUT2D eigenvalue weighted by atomic mass is 17.1. The number of nitrogens with one attached hydrogen (secondary N) is 1. The summed E-state index contributed by atoms with van der Waals surface area (Å²) >= 11 is 0. The van der Waals surface area contributed by atoms with Crippen LogP contribution in [0.5, 0.6) is 0 Å². The first-order valence-corrected chi connectivity index (χ1v) is 15.2. The van der Waals surface area contributed by atoms with E-state index in [1.807, 2.05) is 6.07 Å². The zero-order valence-corrected chi connectivity index (χ0v) is 25.8. The number of ketones is 1. The van der Waals surface area contributed by atoms with Gasteiger partial charge in [0.2, 0.25) is 0 Å². The second-order valence-corrected chi connectivity index (χ2v) is 13.9. The maximum Gasteiger partial charge on any atom is 0.407 e. The van der Waals surface area contributed by atoms with Gasteiger partial charge in [-0.1, -0.05) is 56.7 Å². The van der Waals surface area contributed by atoms with Gasteiger partial charge < -0.3 is 40.3 Å². The van der Waals surface area contributed by atoms with Crippen molar-refractivity contribution in [2.24, 2.45) is 28.6 Å². The minimum Gasteiger partial charge on any atom is -0.445 e. The van der Waals surface area contributed by atoms with Crippen molar-refractivity contribution in [2.45, 2.75) is 95.8 Å². The number of aliphatic hydroxyl groups is 5. The molecule has 1 saturated heterocycles. The number of carbonyl (C=O) groups excluding carboxylic acids is 2. The maximum absolute atomic E-state index is 14.2. The summed E-state index contributed by atoms with van der Waals surface area (Å²) in [5.41, 5.74) is -4.69. The van der Waals surface area contributed by atoms with Gasteiger partial charge in [0.1, 0.15) is 30.5 Å². The molecule has 0 radical (unpaired) electrons. The first-order valence-electron chi connectivity index (χ1n) is 15.2. The second kappa shape index (κ2) is 11.4. The van der Waals surface area contributed by atoms with Crippen molar-refractivity contribution < 1.29 is 54.7 Å². The van der Waals surface area contributed by atoms with Crippen molar-refractivity contribution in [3.8, 4) is 0 Å². The monoisotopic (exact) mass is 619 g/mol. The molecule has 1 heterocycles. The standard InChI is InChI=1S/C32H45NO11/c1-16-19(25(44-41)20(34)13-33-28(38)42-14-18-9-7-6-8-10-18)12-32(40)17(2)26-30(5,21(35)11-22-31(26,39)15-43-22)27(37)24(36)23(16)29(32,3)4/h6-10,17,19-22,24-26,34-36,39-41H,11-15H2,1-5H3,(H,33,38)/t17?,19?,20?,21?,22?,24?,25-,26?,30+,31-,32?/m0/s1. The summed E-state index contributed by atoms with van der Waals surface area (Å²) in [4.78, 5) is 31.3. The van der Waals surface area contributed by atoms with Crippen LogP contribution in [0.15, 0.2) is 41.5 Å². The fraction of sp³-hybridized carbons (Fsp3) is 0.688. The van der Waals surface area contributed by atoms with Crippen LogP contribution in [0.4, 0.5) is 4.79 Å². The molecule has 1 aromatic rings. The van der Waals surface area contributed by atoms with Gasteiger partial charge in [-0.25, -0.2) is 9.68 Å². The normalized spacial score (nSPS) is 40.8. The molecule has 1 aromatic carbocycles. The molecular weight excluding hydrogens is 574 g/mol. The van der Waals surface area contributed by atoms with Gasteiger partial charge in [0, 0.05) is 30.2 Å². The first-order chi connectivity index (χ1) is 20.6. The van der Waals surface area contributed by atoms with Gasteiger partial charge >= 0.3 is 6.09 Å². The van der Waals surface area contributed by atoms with Crippen LogP contribution in [0.1, 0.15) is 53.0 Å². The highest BCUT2D eigenvalue weighted by Gasteiger charge is 2.74. The lowest BCUT2D eigenvalue weighted by Gasteiger charge is -2.67. The van der Waals surface area contributed by atoms with Crippen molar-refractivity contribution in [1.29, 1.82) is 0 Å². The molecule has 0 spiro atoms. The molecule has 5 rings (SSSR count). The van der Waals surface area contributed by atoms with Crippen LogP contribution in [0.25, 0.3) is 0 Å². The second-order valence-electron chi connectivity index (χ2n) is 13.9. The fourth-order valence-electron chi connectivity index (χ4n) is 8.91. The Morgan fingerprint density at radius 2 is 1.82 bits per heavy atom. The SMILES string of the molecule is CC1=C2C(O)C(=O)[C@]3(C)C(O)CC4OC[C@@]4(O)C3C(C)C(O)(CC1[C@H](OO)C(O)CNC(=O)OCc1ccccc1)C2(C)C. The van der Waals surface area contributed by atoms with E-state index in [-0.39, 0.29) is 38.2 Å². The molecule has 2 bridgehead atoms. The largest absolute Gasteiger partial charge is 0.445 e. The van der Waals surface area contributed by atoms with E-state index in [2.05, 4.69) is 5.32 Å². The predicted molar refractivity (Wildman–Crippen MR) is 155 cm³/mol. The number of aliphatic hydroxyl groups excluding tert-OH is 3. The minimum absolute atomic E-state index is 0.00452. The number of hydrogen-bond donors (Lipinski definition) is 7. The van der Waals surface area contributed by atoms with Crippen LogP contribution < -0.4 is 5.32 Å². The van der Waals surface area contributed by atoms with Crippen molar-refractivity contribution in [3.05, 3.63) is 47.0 Å². The highest BCUT2D eigenvalue weighted by molar-refractivity contribution is 5.93. The zero-order valence-electron chi connectivity index (χ0n) is 25.8. The molecule has 8 unspecified atom stereocenters. The first kappa shape index (κ1) is 33.0. The average Bonchev–Trinajstić information content (AvgIpc) is 2.98. The molecular formula is C32H45NO11. The number of hydrogen-bond acceptors (Lipinski definition) is 11. The molecule has 4 aliphatic rings. The van der Waals surface area contributed by atoms with Crippen LogP contribution in [0, 0.1) is 28.6 Å². The predicted octanol–water partition coefficient (Wildman–Crippen LogP) is 1.32. The topological polar surface area (TPSA) is 195 Å². The smallest absolute Gasteiger partial charge is 0.407 e. The van der Waals surface area contributed by atoms with Gasteiger partial charge in [-0.05, 0) is 37.3 Å². The Morgan fingerprint density at radius 3 is 2.41 bits per heavy atom. The van der Waals surface area contributed by atoms with Crippen molar-refractivity contribution in [1.82, 2.24) is 5.32 Å². The quantitative estimate of drug-likeness (QED) is 0.132. The number of carbonyl (C=O) groups is 2. The van der Waals surface area contributed by atoms with Crippen LogP contribution in [0.3, 0.4) is 0 Å². The fourth-order valence-corrected chi connectivity index (χ4v) is 8.91. The van der Waals surface area contributed by atoms with E-state index in [9.17, 15) is 40.4 Å². The lowest BCUT2D eigenvalue weighted by atomic mass is 9.42. The van der Waals surface area contributed by atoms with E-state index >= 15 is 0 Å². The summed E-state index contributed by atoms with van der Waals surface area (Å²) in [6, 6.07) is 9.03. The molecule has 0 aromatic heterocycles. The molecule has 244 valence electrons. The minimum atomic E-state index is -1.77. The van der Waals surface area contributed by atoms with E-state index < -0.39 is 82.2 Å². The van der Waals surface area contributed by atoms with Gasteiger partial charge in [-0.3, -0.25) is 10.1 Å². The molecule has 2 saturated carbocycles. The van der Waals surface area contributed by atoms with E-state index in [1.54, 1.807) is 52.0 Å². The number of fused-ring (bicyclic) bond motifs is 5. The molecule has 1 amide bonds. The van der Waals surface area contributed by atoms with Crippen molar-refractivity contribution in [3.63, 3.8) is 0 Å². The molecule has 3 fully saturated rings. The highest BCUT2D eigenvalue weighted by Crippen LogP contribution is 2.65. The molecule has 1 aliphatic heterocycles. The van der Waals surface area contributed by atoms with Crippen LogP contribution in [-0.2, 0) is 25.8 Å². The molecule has 12 heteroatoms.